The number of rotatable bonds is 4. The molecule has 1 atom stereocenters. The summed E-state index contributed by atoms with van der Waals surface area (Å²) in [6.07, 6.45) is 0. The summed E-state index contributed by atoms with van der Waals surface area (Å²) in [5, 5.41) is 18.3. The highest BCUT2D eigenvalue weighted by molar-refractivity contribution is 5.50. The second kappa shape index (κ2) is 5.38. The smallest absolute Gasteiger partial charge is 0.123 e. The van der Waals surface area contributed by atoms with Gasteiger partial charge in [-0.25, -0.2) is 0 Å². The first-order valence-corrected chi connectivity index (χ1v) is 6.13. The van der Waals surface area contributed by atoms with Gasteiger partial charge in [-0.15, -0.1) is 0 Å². The average molecular weight is 246 g/mol. The van der Waals surface area contributed by atoms with Gasteiger partial charge in [0.1, 0.15) is 5.75 Å². The van der Waals surface area contributed by atoms with Crippen LogP contribution in [0.4, 0.5) is 0 Å². The Morgan fingerprint density at radius 2 is 2.28 bits per heavy atom. The molecule has 1 heterocycles. The number of aliphatic hydroxyl groups is 1. The summed E-state index contributed by atoms with van der Waals surface area (Å²) in [7, 11) is 1.63. The third-order valence-electron chi connectivity index (χ3n) is 3.61. The minimum atomic E-state index is 0.170. The van der Waals surface area contributed by atoms with Crippen LogP contribution in [-0.2, 0) is 0 Å². The van der Waals surface area contributed by atoms with Crippen molar-refractivity contribution in [2.75, 3.05) is 26.8 Å². The second-order valence-corrected chi connectivity index (χ2v) is 4.72. The molecule has 1 aromatic rings. The third-order valence-corrected chi connectivity index (χ3v) is 3.61. The topological polar surface area (TPSA) is 56.5 Å². The molecule has 1 unspecified atom stereocenters. The zero-order valence-corrected chi connectivity index (χ0v) is 10.8. The molecule has 0 radical (unpaired) electrons. The Labute approximate surface area is 107 Å². The lowest BCUT2D eigenvalue weighted by molar-refractivity contribution is 0.0621. The number of methoxy groups -OCH3 is 1. The van der Waals surface area contributed by atoms with Crippen LogP contribution in [0, 0.1) is 11.3 Å². The van der Waals surface area contributed by atoms with E-state index in [4.69, 9.17) is 15.1 Å². The summed E-state index contributed by atoms with van der Waals surface area (Å²) >= 11 is 0. The van der Waals surface area contributed by atoms with Crippen molar-refractivity contribution in [2.24, 2.45) is 0 Å². The maximum Gasteiger partial charge on any atom is 0.123 e. The summed E-state index contributed by atoms with van der Waals surface area (Å²) in [5.41, 5.74) is 1.69. The van der Waals surface area contributed by atoms with Crippen molar-refractivity contribution in [3.63, 3.8) is 0 Å². The van der Waals surface area contributed by atoms with Gasteiger partial charge in [-0.1, -0.05) is 6.07 Å². The Kier molecular flexibility index (Phi) is 3.85. The van der Waals surface area contributed by atoms with Crippen LogP contribution in [0.3, 0.4) is 0 Å². The summed E-state index contributed by atoms with van der Waals surface area (Å²) in [6, 6.07) is 7.98. The van der Waals surface area contributed by atoms with Gasteiger partial charge < -0.3 is 9.84 Å². The normalized spacial score (nSPS) is 17.9. The summed E-state index contributed by atoms with van der Waals surface area (Å²) in [4.78, 5) is 2.21. The highest BCUT2D eigenvalue weighted by Crippen LogP contribution is 2.36. The van der Waals surface area contributed by atoms with Crippen molar-refractivity contribution in [3.8, 4) is 11.8 Å². The van der Waals surface area contributed by atoms with Gasteiger partial charge in [0.15, 0.2) is 0 Å². The first kappa shape index (κ1) is 12.9. The molecule has 0 saturated carbocycles. The van der Waals surface area contributed by atoms with Crippen molar-refractivity contribution in [1.29, 1.82) is 5.26 Å². The number of hydrogen-bond donors (Lipinski definition) is 1. The van der Waals surface area contributed by atoms with Gasteiger partial charge in [0.2, 0.25) is 0 Å². The molecule has 0 aliphatic carbocycles. The fourth-order valence-corrected chi connectivity index (χ4v) is 2.41. The minimum absolute atomic E-state index is 0.170. The minimum Gasteiger partial charge on any atom is -0.496 e. The SMILES string of the molecule is COc1cccc(C#N)c1C1CN(C(C)CO)C1. The number of likely N-dealkylation sites (tertiary alicyclic amines) is 1. The van der Waals surface area contributed by atoms with Crippen LogP contribution in [0.2, 0.25) is 0 Å². The monoisotopic (exact) mass is 246 g/mol. The summed E-state index contributed by atoms with van der Waals surface area (Å²) < 4.78 is 5.35. The van der Waals surface area contributed by atoms with Crippen molar-refractivity contribution >= 4 is 0 Å². The molecular formula is C14H18N2O2. The molecule has 0 amide bonds. The predicted octanol–water partition coefficient (Wildman–Crippen LogP) is 1.35. The van der Waals surface area contributed by atoms with Crippen molar-refractivity contribution in [2.45, 2.75) is 18.9 Å². The number of nitriles is 1. The number of ether oxygens (including phenoxy) is 1. The number of aliphatic hydroxyl groups excluding tert-OH is 1. The number of benzene rings is 1. The molecule has 0 spiro atoms. The summed E-state index contributed by atoms with van der Waals surface area (Å²) in [5.74, 6) is 1.11. The average Bonchev–Trinajstić information content (AvgIpc) is 2.36. The summed E-state index contributed by atoms with van der Waals surface area (Å²) in [6.45, 7) is 3.92. The van der Waals surface area contributed by atoms with E-state index in [-0.39, 0.29) is 12.6 Å². The van der Waals surface area contributed by atoms with E-state index in [1.54, 1.807) is 7.11 Å². The molecule has 4 nitrogen and oxygen atoms in total. The fraction of sp³-hybridized carbons (Fsp3) is 0.500. The van der Waals surface area contributed by atoms with E-state index >= 15 is 0 Å². The molecule has 96 valence electrons. The van der Waals surface area contributed by atoms with Crippen LogP contribution >= 0.6 is 0 Å². The van der Waals surface area contributed by atoms with E-state index in [1.165, 1.54) is 0 Å². The predicted molar refractivity (Wildman–Crippen MR) is 68.6 cm³/mol. The first-order chi connectivity index (χ1) is 8.71. The van der Waals surface area contributed by atoms with Crippen molar-refractivity contribution < 1.29 is 9.84 Å². The molecule has 1 fully saturated rings. The Balaban J connectivity index is 2.18. The molecule has 0 bridgehead atoms. The lowest BCUT2D eigenvalue weighted by atomic mass is 9.86. The van der Waals surface area contributed by atoms with Gasteiger partial charge in [0.05, 0.1) is 25.3 Å². The van der Waals surface area contributed by atoms with E-state index in [0.29, 0.717) is 11.5 Å². The van der Waals surface area contributed by atoms with Crippen LogP contribution in [0.1, 0.15) is 24.0 Å². The van der Waals surface area contributed by atoms with Gasteiger partial charge in [-0.3, -0.25) is 4.90 Å². The molecule has 1 aliphatic heterocycles. The molecule has 2 rings (SSSR count). The fourth-order valence-electron chi connectivity index (χ4n) is 2.41. The first-order valence-electron chi connectivity index (χ1n) is 6.13. The van der Waals surface area contributed by atoms with E-state index in [2.05, 4.69) is 11.0 Å². The number of nitrogens with zero attached hydrogens (tertiary/aromatic N) is 2. The van der Waals surface area contributed by atoms with Gasteiger partial charge in [0, 0.05) is 30.6 Å². The Bertz CT molecular complexity index is 461. The van der Waals surface area contributed by atoms with Gasteiger partial charge in [-0.05, 0) is 19.1 Å². The Morgan fingerprint density at radius 1 is 1.56 bits per heavy atom. The molecule has 1 aliphatic rings. The lowest BCUT2D eigenvalue weighted by Gasteiger charge is -2.43. The maximum absolute atomic E-state index is 9.17. The molecule has 4 heteroatoms. The van der Waals surface area contributed by atoms with Crippen LogP contribution in [0.25, 0.3) is 0 Å². The van der Waals surface area contributed by atoms with Crippen molar-refractivity contribution in [3.05, 3.63) is 29.3 Å². The van der Waals surface area contributed by atoms with Gasteiger partial charge in [-0.2, -0.15) is 5.26 Å². The highest BCUT2D eigenvalue weighted by Gasteiger charge is 2.34. The molecule has 18 heavy (non-hydrogen) atoms. The van der Waals surface area contributed by atoms with E-state index in [0.717, 1.165) is 24.4 Å². The van der Waals surface area contributed by atoms with E-state index < -0.39 is 0 Å². The van der Waals surface area contributed by atoms with E-state index in [1.807, 2.05) is 25.1 Å². The Morgan fingerprint density at radius 3 is 2.83 bits per heavy atom. The van der Waals surface area contributed by atoms with Crippen LogP contribution in [-0.4, -0.2) is 42.9 Å². The van der Waals surface area contributed by atoms with Gasteiger partial charge in [0.25, 0.3) is 0 Å². The second-order valence-electron chi connectivity index (χ2n) is 4.72. The lowest BCUT2D eigenvalue weighted by Crippen LogP contribution is -2.51. The maximum atomic E-state index is 9.17. The van der Waals surface area contributed by atoms with Crippen LogP contribution in [0.5, 0.6) is 5.75 Å². The molecule has 0 aromatic heterocycles. The largest absolute Gasteiger partial charge is 0.496 e. The van der Waals surface area contributed by atoms with Gasteiger partial charge >= 0.3 is 0 Å². The number of hydrogen-bond acceptors (Lipinski definition) is 4. The zero-order valence-electron chi connectivity index (χ0n) is 10.8. The Hall–Kier alpha value is -1.57. The standard InChI is InChI=1S/C14H18N2O2/c1-10(9-17)16-7-12(8-16)14-11(6-15)4-3-5-13(14)18-2/h3-5,10,12,17H,7-9H2,1-2H3. The highest BCUT2D eigenvalue weighted by atomic mass is 16.5. The zero-order chi connectivity index (χ0) is 13.1. The molecular weight excluding hydrogens is 228 g/mol. The van der Waals surface area contributed by atoms with Crippen molar-refractivity contribution in [1.82, 2.24) is 4.90 Å². The molecule has 1 aromatic carbocycles. The third kappa shape index (κ3) is 2.20. The van der Waals surface area contributed by atoms with Crippen LogP contribution < -0.4 is 4.74 Å². The van der Waals surface area contributed by atoms with E-state index in [9.17, 15) is 0 Å². The molecule has 1 saturated heterocycles. The van der Waals surface area contributed by atoms with Crippen LogP contribution in [0.15, 0.2) is 18.2 Å². The molecule has 1 N–H and O–H groups in total. The quantitative estimate of drug-likeness (QED) is 0.871.